The molecule has 276 valence electrons. The highest BCUT2D eigenvalue weighted by atomic mass is 16.3. The summed E-state index contributed by atoms with van der Waals surface area (Å²) in [5.41, 5.74) is 13.6. The molecule has 0 saturated carbocycles. The van der Waals surface area contributed by atoms with Crippen molar-refractivity contribution in [1.82, 2.24) is 24.9 Å². The average Bonchev–Trinajstić information content (AvgIpc) is 3.72. The Morgan fingerprint density at radius 3 is 1.47 bits per heavy atom. The summed E-state index contributed by atoms with van der Waals surface area (Å²) in [5, 5.41) is 3.29. The van der Waals surface area contributed by atoms with Gasteiger partial charge in [0.1, 0.15) is 23.1 Å². The van der Waals surface area contributed by atoms with E-state index in [0.717, 1.165) is 83.0 Å². The SMILES string of the molecule is c1ccc(-c2ccc(-c3nc(-c4ccccc4)nc(-c4cccc(-c5ccc(-c6ccc(-c7ncnc8c7oc7ccc9ccccc9c78)cc6)cc5)c4)n3)cc2)cc1. The van der Waals surface area contributed by atoms with Crippen molar-refractivity contribution in [2.75, 3.05) is 0 Å². The van der Waals surface area contributed by atoms with Crippen molar-refractivity contribution in [3.05, 3.63) is 200 Å². The lowest BCUT2D eigenvalue weighted by Crippen LogP contribution is -2.00. The zero-order chi connectivity index (χ0) is 39.1. The van der Waals surface area contributed by atoms with E-state index in [1.54, 1.807) is 6.33 Å². The number of hydrogen-bond acceptors (Lipinski definition) is 6. The topological polar surface area (TPSA) is 77.6 Å². The Morgan fingerprint density at radius 1 is 0.339 bits per heavy atom. The number of fused-ring (bicyclic) bond motifs is 5. The van der Waals surface area contributed by atoms with Crippen molar-refractivity contribution in [2.24, 2.45) is 0 Å². The molecule has 0 bridgehead atoms. The van der Waals surface area contributed by atoms with Crippen molar-refractivity contribution >= 4 is 32.8 Å². The summed E-state index contributed by atoms with van der Waals surface area (Å²) < 4.78 is 6.39. The van der Waals surface area contributed by atoms with Crippen LogP contribution in [-0.4, -0.2) is 24.9 Å². The third-order valence-corrected chi connectivity index (χ3v) is 10.9. The highest BCUT2D eigenvalue weighted by Crippen LogP contribution is 2.38. The van der Waals surface area contributed by atoms with Crippen LogP contribution in [0.25, 0.3) is 112 Å². The second-order valence-electron chi connectivity index (χ2n) is 14.5. The molecule has 0 aliphatic rings. The smallest absolute Gasteiger partial charge is 0.180 e. The number of nitrogens with zero attached hydrogens (tertiary/aromatic N) is 5. The Balaban J connectivity index is 0.886. The minimum Gasteiger partial charge on any atom is -0.452 e. The Morgan fingerprint density at radius 2 is 0.814 bits per heavy atom. The van der Waals surface area contributed by atoms with Crippen LogP contribution in [0.3, 0.4) is 0 Å². The molecule has 0 fully saturated rings. The lowest BCUT2D eigenvalue weighted by atomic mass is 9.98. The predicted molar refractivity (Wildman–Crippen MR) is 238 cm³/mol. The normalized spacial score (nSPS) is 11.4. The van der Waals surface area contributed by atoms with E-state index in [1.807, 2.05) is 54.6 Å². The molecule has 0 aliphatic heterocycles. The molecule has 0 saturated heterocycles. The molecule has 0 spiro atoms. The van der Waals surface area contributed by atoms with E-state index in [0.29, 0.717) is 23.1 Å². The molecule has 3 heterocycles. The van der Waals surface area contributed by atoms with Gasteiger partial charge >= 0.3 is 0 Å². The van der Waals surface area contributed by atoms with Crippen molar-refractivity contribution in [1.29, 1.82) is 0 Å². The summed E-state index contributed by atoms with van der Waals surface area (Å²) in [6, 6.07) is 66.8. The van der Waals surface area contributed by atoms with Gasteiger partial charge < -0.3 is 4.42 Å². The van der Waals surface area contributed by atoms with Crippen LogP contribution < -0.4 is 0 Å². The van der Waals surface area contributed by atoms with Gasteiger partial charge in [0.2, 0.25) is 0 Å². The fourth-order valence-electron chi connectivity index (χ4n) is 7.85. The van der Waals surface area contributed by atoms with Crippen LogP contribution in [-0.2, 0) is 0 Å². The van der Waals surface area contributed by atoms with E-state index in [9.17, 15) is 0 Å². The highest BCUT2D eigenvalue weighted by Gasteiger charge is 2.17. The zero-order valence-electron chi connectivity index (χ0n) is 31.7. The molecular formula is C53H33N5O. The molecule has 6 nitrogen and oxygen atoms in total. The standard InChI is InChI=1S/C53H33N5O/c1-3-10-34(11-4-1)35-24-28-42(29-25-35)52-56-51(41-13-5-2-6-14-41)57-53(58-52)44-16-9-15-43(32-44)38-20-18-36(19-21-38)37-22-26-40(27-23-37)48-50-49(55-33-54-48)47-45-17-8-7-12-39(45)30-31-46(47)59-50/h1-33H. The highest BCUT2D eigenvalue weighted by molar-refractivity contribution is 6.18. The van der Waals surface area contributed by atoms with Gasteiger partial charge in [0.25, 0.3) is 0 Å². The number of benzene rings is 8. The Bertz CT molecular complexity index is 3290. The van der Waals surface area contributed by atoms with Crippen LogP contribution in [0.15, 0.2) is 205 Å². The third-order valence-electron chi connectivity index (χ3n) is 10.9. The second kappa shape index (κ2) is 14.4. The molecule has 8 aromatic carbocycles. The van der Waals surface area contributed by atoms with Gasteiger partial charge in [0.15, 0.2) is 23.1 Å². The summed E-state index contributed by atoms with van der Waals surface area (Å²) in [6.45, 7) is 0. The van der Waals surface area contributed by atoms with Gasteiger partial charge in [-0.3, -0.25) is 0 Å². The molecular weight excluding hydrogens is 723 g/mol. The minimum absolute atomic E-state index is 0.622. The van der Waals surface area contributed by atoms with Gasteiger partial charge in [-0.05, 0) is 56.3 Å². The summed E-state index contributed by atoms with van der Waals surface area (Å²) in [4.78, 5) is 24.3. The fourth-order valence-corrected chi connectivity index (χ4v) is 7.85. The molecule has 0 amide bonds. The van der Waals surface area contributed by atoms with E-state index in [2.05, 4.69) is 149 Å². The molecule has 0 unspecified atom stereocenters. The molecule has 3 aromatic heterocycles. The molecule has 0 radical (unpaired) electrons. The Kier molecular flexibility index (Phi) is 8.37. The summed E-state index contributed by atoms with van der Waals surface area (Å²) >= 11 is 0. The first-order chi connectivity index (χ1) is 29.2. The van der Waals surface area contributed by atoms with Gasteiger partial charge in [0, 0.05) is 22.3 Å². The second-order valence-corrected chi connectivity index (χ2v) is 14.5. The third kappa shape index (κ3) is 6.39. The first-order valence-corrected chi connectivity index (χ1v) is 19.6. The van der Waals surface area contributed by atoms with E-state index in [4.69, 9.17) is 19.4 Å². The van der Waals surface area contributed by atoms with Crippen LogP contribution in [0, 0.1) is 0 Å². The van der Waals surface area contributed by atoms with Crippen LogP contribution in [0.2, 0.25) is 0 Å². The predicted octanol–water partition coefficient (Wildman–Crippen LogP) is 13.4. The lowest BCUT2D eigenvalue weighted by molar-refractivity contribution is 0.667. The van der Waals surface area contributed by atoms with Crippen LogP contribution in [0.5, 0.6) is 0 Å². The van der Waals surface area contributed by atoms with E-state index in [-0.39, 0.29) is 0 Å². The maximum Gasteiger partial charge on any atom is 0.180 e. The largest absolute Gasteiger partial charge is 0.452 e. The van der Waals surface area contributed by atoms with Gasteiger partial charge in [0.05, 0.1) is 5.39 Å². The van der Waals surface area contributed by atoms with Crippen LogP contribution >= 0.6 is 0 Å². The van der Waals surface area contributed by atoms with Gasteiger partial charge in [-0.2, -0.15) is 0 Å². The summed E-state index contributed by atoms with van der Waals surface area (Å²) in [7, 11) is 0. The number of hydrogen-bond donors (Lipinski definition) is 0. The molecule has 0 N–H and O–H groups in total. The van der Waals surface area contributed by atoms with Crippen molar-refractivity contribution < 1.29 is 4.42 Å². The van der Waals surface area contributed by atoms with Crippen molar-refractivity contribution in [3.63, 3.8) is 0 Å². The number of aromatic nitrogens is 5. The monoisotopic (exact) mass is 755 g/mol. The van der Waals surface area contributed by atoms with Crippen LogP contribution in [0.4, 0.5) is 0 Å². The minimum atomic E-state index is 0.622. The average molecular weight is 756 g/mol. The van der Waals surface area contributed by atoms with Gasteiger partial charge in [-0.25, -0.2) is 24.9 Å². The maximum atomic E-state index is 6.39. The van der Waals surface area contributed by atoms with E-state index in [1.165, 1.54) is 5.56 Å². The molecule has 6 heteroatoms. The quantitative estimate of drug-likeness (QED) is 0.161. The van der Waals surface area contributed by atoms with E-state index >= 15 is 0 Å². The number of furan rings is 1. The Hall–Kier alpha value is -8.09. The molecule has 59 heavy (non-hydrogen) atoms. The van der Waals surface area contributed by atoms with Gasteiger partial charge in [-0.1, -0.05) is 182 Å². The first kappa shape index (κ1) is 34.2. The van der Waals surface area contributed by atoms with E-state index < -0.39 is 0 Å². The lowest BCUT2D eigenvalue weighted by Gasteiger charge is -2.10. The van der Waals surface area contributed by atoms with Crippen molar-refractivity contribution in [3.8, 4) is 78.8 Å². The summed E-state index contributed by atoms with van der Waals surface area (Å²) in [6.07, 6.45) is 1.63. The first-order valence-electron chi connectivity index (χ1n) is 19.6. The maximum absolute atomic E-state index is 6.39. The summed E-state index contributed by atoms with van der Waals surface area (Å²) in [5.74, 6) is 1.88. The molecule has 0 aliphatic carbocycles. The zero-order valence-corrected chi connectivity index (χ0v) is 31.7. The molecule has 11 aromatic rings. The number of rotatable bonds is 7. The Labute approximate surface area is 340 Å². The molecule has 0 atom stereocenters. The molecule has 11 rings (SSSR count). The van der Waals surface area contributed by atoms with Crippen LogP contribution in [0.1, 0.15) is 0 Å². The van der Waals surface area contributed by atoms with Gasteiger partial charge in [-0.15, -0.1) is 0 Å². The fraction of sp³-hybridized carbons (Fsp3) is 0. The van der Waals surface area contributed by atoms with Crippen molar-refractivity contribution in [2.45, 2.75) is 0 Å².